The molecule has 0 aromatic carbocycles. The smallest absolute Gasteiger partial charge is 0.261 e. The number of carbonyl (C=O) groups excluding carboxylic acids is 1. The van der Waals surface area contributed by atoms with Gasteiger partial charge in [0.2, 0.25) is 0 Å². The molecule has 4 aromatic rings. The van der Waals surface area contributed by atoms with Crippen LogP contribution < -0.4 is 10.1 Å². The van der Waals surface area contributed by atoms with Crippen LogP contribution in [0.5, 0.6) is 5.75 Å². The third-order valence-electron chi connectivity index (χ3n) is 3.63. The molecular weight excluding hydrogens is 320 g/mol. The molecule has 8 heteroatoms. The minimum absolute atomic E-state index is 0.0670. The average molecular weight is 336 g/mol. The molecule has 0 radical (unpaired) electrons. The summed E-state index contributed by atoms with van der Waals surface area (Å²) in [5.74, 6) is 0.183. The van der Waals surface area contributed by atoms with Crippen molar-refractivity contribution in [2.24, 2.45) is 0 Å². The summed E-state index contributed by atoms with van der Waals surface area (Å²) in [5.41, 5.74) is 2.23. The zero-order valence-electron chi connectivity index (χ0n) is 13.7. The predicted molar refractivity (Wildman–Crippen MR) is 91.9 cm³/mol. The predicted octanol–water partition coefficient (Wildman–Crippen LogP) is 2.42. The Balaban J connectivity index is 1.73. The van der Waals surface area contributed by atoms with Gasteiger partial charge in [-0.2, -0.15) is 5.10 Å². The molecule has 0 aliphatic carbocycles. The van der Waals surface area contributed by atoms with Crippen LogP contribution in [0.4, 0.5) is 5.69 Å². The van der Waals surface area contributed by atoms with E-state index < -0.39 is 0 Å². The van der Waals surface area contributed by atoms with Gasteiger partial charge in [-0.05, 0) is 19.9 Å². The van der Waals surface area contributed by atoms with Gasteiger partial charge in [-0.1, -0.05) is 0 Å². The van der Waals surface area contributed by atoms with E-state index in [4.69, 9.17) is 4.74 Å². The van der Waals surface area contributed by atoms with Crippen molar-refractivity contribution in [1.82, 2.24) is 24.0 Å². The van der Waals surface area contributed by atoms with Crippen LogP contribution in [0.25, 0.3) is 11.3 Å². The number of rotatable bonds is 4. The van der Waals surface area contributed by atoms with Crippen LogP contribution in [0, 0.1) is 0 Å². The third kappa shape index (κ3) is 2.78. The molecule has 4 aromatic heterocycles. The number of carbonyl (C=O) groups is 1. The van der Waals surface area contributed by atoms with Gasteiger partial charge in [0, 0.05) is 37.1 Å². The highest BCUT2D eigenvalue weighted by atomic mass is 16.5. The number of imidazole rings is 1. The Bertz CT molecular complexity index is 1070. The van der Waals surface area contributed by atoms with E-state index in [2.05, 4.69) is 20.4 Å². The molecule has 0 atom stereocenters. The molecule has 0 saturated heterocycles. The number of anilines is 1. The lowest BCUT2D eigenvalue weighted by Gasteiger charge is -2.14. The van der Waals surface area contributed by atoms with Crippen LogP contribution in [-0.4, -0.2) is 36.0 Å². The Morgan fingerprint density at radius 1 is 1.24 bits per heavy atom. The monoisotopic (exact) mass is 336 g/mol. The number of pyridine rings is 1. The summed E-state index contributed by atoms with van der Waals surface area (Å²) >= 11 is 0. The van der Waals surface area contributed by atoms with E-state index in [1.807, 2.05) is 13.8 Å². The maximum atomic E-state index is 12.8. The summed E-state index contributed by atoms with van der Waals surface area (Å²) in [5, 5.41) is 7.02. The van der Waals surface area contributed by atoms with Crippen LogP contribution in [0.3, 0.4) is 0 Å². The molecule has 0 aliphatic heterocycles. The van der Waals surface area contributed by atoms with Gasteiger partial charge in [-0.15, -0.1) is 0 Å². The van der Waals surface area contributed by atoms with E-state index in [0.717, 1.165) is 0 Å². The number of hydrogen-bond acceptors (Lipinski definition) is 5. The van der Waals surface area contributed by atoms with Gasteiger partial charge in [0.15, 0.2) is 5.65 Å². The second kappa shape index (κ2) is 5.90. The number of hydrogen-bond donors (Lipinski definition) is 1. The quantitative estimate of drug-likeness (QED) is 0.618. The molecule has 4 heterocycles. The number of amides is 1. The third-order valence-corrected chi connectivity index (χ3v) is 3.63. The first-order valence-electron chi connectivity index (χ1n) is 7.85. The maximum Gasteiger partial charge on any atom is 0.261 e. The summed E-state index contributed by atoms with van der Waals surface area (Å²) < 4.78 is 9.17. The highest BCUT2D eigenvalue weighted by Gasteiger charge is 2.18. The Hall–Kier alpha value is -3.42. The van der Waals surface area contributed by atoms with Crippen molar-refractivity contribution in [3.63, 3.8) is 0 Å². The largest absolute Gasteiger partial charge is 0.490 e. The van der Waals surface area contributed by atoms with Gasteiger partial charge in [-0.3, -0.25) is 4.79 Å². The number of nitrogens with one attached hydrogen (secondary N) is 1. The van der Waals surface area contributed by atoms with E-state index in [1.54, 1.807) is 58.2 Å². The molecule has 0 fully saturated rings. The van der Waals surface area contributed by atoms with Gasteiger partial charge in [0.1, 0.15) is 17.1 Å². The van der Waals surface area contributed by atoms with Gasteiger partial charge in [0.05, 0.1) is 17.9 Å². The van der Waals surface area contributed by atoms with E-state index in [9.17, 15) is 4.79 Å². The summed E-state index contributed by atoms with van der Waals surface area (Å²) in [7, 11) is 0. The zero-order chi connectivity index (χ0) is 17.4. The Labute approximate surface area is 143 Å². The van der Waals surface area contributed by atoms with Crippen LogP contribution in [0.2, 0.25) is 0 Å². The molecule has 1 N–H and O–H groups in total. The maximum absolute atomic E-state index is 12.8. The van der Waals surface area contributed by atoms with Gasteiger partial charge >= 0.3 is 0 Å². The van der Waals surface area contributed by atoms with E-state index in [-0.39, 0.29) is 12.0 Å². The molecule has 1 amide bonds. The number of ether oxygens (including phenoxy) is 1. The first-order valence-corrected chi connectivity index (χ1v) is 7.85. The van der Waals surface area contributed by atoms with Gasteiger partial charge in [-0.25, -0.2) is 14.5 Å². The molecule has 0 bridgehead atoms. The fourth-order valence-electron chi connectivity index (χ4n) is 2.57. The van der Waals surface area contributed by atoms with Gasteiger partial charge in [0.25, 0.3) is 5.91 Å². The fraction of sp³-hybridized carbons (Fsp3) is 0.176. The lowest BCUT2D eigenvalue weighted by atomic mass is 10.2. The summed E-state index contributed by atoms with van der Waals surface area (Å²) in [6.07, 6.45) is 10.1. The van der Waals surface area contributed by atoms with Crippen LogP contribution >= 0.6 is 0 Å². The first-order chi connectivity index (χ1) is 12.1. The first kappa shape index (κ1) is 15.1. The second-order valence-corrected chi connectivity index (χ2v) is 5.81. The van der Waals surface area contributed by atoms with E-state index in [0.29, 0.717) is 28.3 Å². The zero-order valence-corrected chi connectivity index (χ0v) is 13.7. The Morgan fingerprint density at radius 3 is 2.96 bits per heavy atom. The molecule has 4 rings (SSSR count). The minimum Gasteiger partial charge on any atom is -0.490 e. The molecule has 0 saturated carbocycles. The fourth-order valence-corrected chi connectivity index (χ4v) is 2.57. The molecule has 0 unspecified atom stereocenters. The Morgan fingerprint density at radius 2 is 2.12 bits per heavy atom. The Kier molecular flexibility index (Phi) is 3.57. The van der Waals surface area contributed by atoms with Crippen molar-refractivity contribution in [2.45, 2.75) is 20.0 Å². The van der Waals surface area contributed by atoms with Crippen LogP contribution in [0.15, 0.2) is 49.3 Å². The SMILES string of the molecule is CC(C)Oc1cc2nccn2cc1C(=O)Nc1cnn2cccnc12. The number of nitrogens with zero attached hydrogens (tertiary/aromatic N) is 5. The average Bonchev–Trinajstić information content (AvgIpc) is 3.20. The molecular formula is C17H16N6O2. The highest BCUT2D eigenvalue weighted by molar-refractivity contribution is 6.07. The lowest BCUT2D eigenvalue weighted by molar-refractivity contribution is 0.102. The van der Waals surface area contributed by atoms with Crippen molar-refractivity contribution < 1.29 is 9.53 Å². The molecule has 25 heavy (non-hydrogen) atoms. The standard InChI is InChI=1S/C17H16N6O2/c1-11(2)25-14-8-15-18-5-7-22(15)10-12(14)17(24)21-13-9-20-23-6-3-4-19-16(13)23/h3-11H,1-2H3,(H,21,24). The topological polar surface area (TPSA) is 85.8 Å². The lowest BCUT2D eigenvalue weighted by Crippen LogP contribution is -2.16. The molecule has 8 nitrogen and oxygen atoms in total. The van der Waals surface area contributed by atoms with Crippen LogP contribution in [0.1, 0.15) is 24.2 Å². The summed E-state index contributed by atoms with van der Waals surface area (Å²) in [4.78, 5) is 21.3. The van der Waals surface area contributed by atoms with Crippen molar-refractivity contribution in [3.05, 3.63) is 54.9 Å². The van der Waals surface area contributed by atoms with Crippen molar-refractivity contribution in [3.8, 4) is 5.75 Å². The van der Waals surface area contributed by atoms with Crippen LogP contribution in [-0.2, 0) is 0 Å². The normalized spacial score (nSPS) is 11.3. The van der Waals surface area contributed by atoms with Gasteiger partial charge < -0.3 is 14.5 Å². The highest BCUT2D eigenvalue weighted by Crippen LogP contribution is 2.24. The van der Waals surface area contributed by atoms with Crippen molar-refractivity contribution in [2.75, 3.05) is 5.32 Å². The van der Waals surface area contributed by atoms with Crippen molar-refractivity contribution in [1.29, 1.82) is 0 Å². The van der Waals surface area contributed by atoms with Crippen molar-refractivity contribution >= 4 is 22.9 Å². The molecule has 0 spiro atoms. The summed E-state index contributed by atoms with van der Waals surface area (Å²) in [6.45, 7) is 3.82. The van der Waals surface area contributed by atoms with E-state index in [1.165, 1.54) is 0 Å². The molecule has 0 aliphatic rings. The number of fused-ring (bicyclic) bond motifs is 2. The van der Waals surface area contributed by atoms with E-state index >= 15 is 0 Å². The summed E-state index contributed by atoms with van der Waals surface area (Å²) in [6, 6.07) is 3.52. The number of aromatic nitrogens is 5. The minimum atomic E-state index is -0.299. The molecule has 126 valence electrons. The second-order valence-electron chi connectivity index (χ2n) is 5.81.